The van der Waals surface area contributed by atoms with Crippen LogP contribution in [0, 0.1) is 11.8 Å². The number of hydrogen-bond acceptors (Lipinski definition) is 5. The van der Waals surface area contributed by atoms with Crippen molar-refractivity contribution in [2.75, 3.05) is 40.3 Å². The maximum absolute atomic E-state index is 12.4. The van der Waals surface area contributed by atoms with Gasteiger partial charge in [0.15, 0.2) is 5.76 Å². The second-order valence-corrected chi connectivity index (χ2v) is 10.1. The van der Waals surface area contributed by atoms with Crippen LogP contribution in [0.25, 0.3) is 11.3 Å². The van der Waals surface area contributed by atoms with Crippen LogP contribution in [0.15, 0.2) is 34.9 Å². The standard InChI is InChI=1S/C25H38N4O2/c1-25(2,3)21-8-6-18(7-9-21)23-16-22(28-31-23)14-20-17-26-11-10-19(20)15-24(30)27-12-13-29(4)5/h6-9,16,19-20,26H,10-15,17H2,1-5H3,(H,27,30)/t19-,20+/m0/s1. The Morgan fingerprint density at radius 2 is 1.97 bits per heavy atom. The normalized spacial score (nSPS) is 19.5. The fourth-order valence-electron chi connectivity index (χ4n) is 4.16. The topological polar surface area (TPSA) is 70.4 Å². The van der Waals surface area contributed by atoms with Crippen LogP contribution in [0.5, 0.6) is 0 Å². The zero-order valence-corrected chi connectivity index (χ0v) is 19.7. The monoisotopic (exact) mass is 426 g/mol. The summed E-state index contributed by atoms with van der Waals surface area (Å²) in [6.07, 6.45) is 2.43. The first-order valence-corrected chi connectivity index (χ1v) is 11.4. The smallest absolute Gasteiger partial charge is 0.220 e. The number of hydrogen-bond donors (Lipinski definition) is 2. The number of piperidine rings is 1. The van der Waals surface area contributed by atoms with Gasteiger partial charge in [-0.25, -0.2) is 0 Å². The molecule has 0 bridgehead atoms. The van der Waals surface area contributed by atoms with Crippen molar-refractivity contribution in [3.8, 4) is 11.3 Å². The first-order valence-electron chi connectivity index (χ1n) is 11.4. The molecule has 1 amide bonds. The number of nitrogens with one attached hydrogen (secondary N) is 2. The Morgan fingerprint density at radius 1 is 1.23 bits per heavy atom. The van der Waals surface area contributed by atoms with Crippen molar-refractivity contribution in [3.05, 3.63) is 41.6 Å². The van der Waals surface area contributed by atoms with Gasteiger partial charge in [0.25, 0.3) is 0 Å². The highest BCUT2D eigenvalue weighted by Gasteiger charge is 2.28. The Morgan fingerprint density at radius 3 is 2.65 bits per heavy atom. The summed E-state index contributed by atoms with van der Waals surface area (Å²) in [6.45, 7) is 10.1. The molecule has 6 nitrogen and oxygen atoms in total. The lowest BCUT2D eigenvalue weighted by molar-refractivity contribution is -0.122. The maximum atomic E-state index is 12.4. The highest BCUT2D eigenvalue weighted by molar-refractivity contribution is 5.76. The van der Waals surface area contributed by atoms with Crippen molar-refractivity contribution in [1.82, 2.24) is 20.7 Å². The van der Waals surface area contributed by atoms with Gasteiger partial charge in [0.05, 0.1) is 5.69 Å². The molecule has 1 fully saturated rings. The molecule has 2 N–H and O–H groups in total. The molecule has 31 heavy (non-hydrogen) atoms. The molecule has 6 heteroatoms. The minimum Gasteiger partial charge on any atom is -0.356 e. The van der Waals surface area contributed by atoms with Crippen molar-refractivity contribution < 1.29 is 9.32 Å². The predicted molar refractivity (Wildman–Crippen MR) is 125 cm³/mol. The molecule has 2 heterocycles. The summed E-state index contributed by atoms with van der Waals surface area (Å²) in [6, 6.07) is 10.6. The zero-order valence-electron chi connectivity index (χ0n) is 19.7. The van der Waals surface area contributed by atoms with Gasteiger partial charge in [0.2, 0.25) is 5.91 Å². The van der Waals surface area contributed by atoms with Crippen molar-refractivity contribution in [3.63, 3.8) is 0 Å². The molecular formula is C25H38N4O2. The van der Waals surface area contributed by atoms with Crippen molar-refractivity contribution >= 4 is 5.91 Å². The van der Waals surface area contributed by atoms with E-state index in [9.17, 15) is 4.79 Å². The van der Waals surface area contributed by atoms with Gasteiger partial charge in [-0.05, 0) is 62.8 Å². The summed E-state index contributed by atoms with van der Waals surface area (Å²) in [5, 5.41) is 10.9. The van der Waals surface area contributed by atoms with E-state index in [2.05, 4.69) is 71.8 Å². The van der Waals surface area contributed by atoms with E-state index < -0.39 is 0 Å². The van der Waals surface area contributed by atoms with Crippen LogP contribution in [0.1, 0.15) is 44.9 Å². The van der Waals surface area contributed by atoms with Crippen molar-refractivity contribution in [2.24, 2.45) is 11.8 Å². The molecule has 1 aliphatic heterocycles. The van der Waals surface area contributed by atoms with Crippen LogP contribution >= 0.6 is 0 Å². The average molecular weight is 427 g/mol. The molecule has 170 valence electrons. The molecule has 0 saturated carbocycles. The van der Waals surface area contributed by atoms with E-state index >= 15 is 0 Å². The second kappa shape index (κ2) is 10.4. The Hall–Kier alpha value is -2.18. The predicted octanol–water partition coefficient (Wildman–Crippen LogP) is 3.48. The summed E-state index contributed by atoms with van der Waals surface area (Å²) in [4.78, 5) is 14.5. The van der Waals surface area contributed by atoms with E-state index in [0.717, 1.165) is 49.5 Å². The van der Waals surface area contributed by atoms with Gasteiger partial charge in [-0.2, -0.15) is 0 Å². The van der Waals surface area contributed by atoms with E-state index in [-0.39, 0.29) is 11.3 Å². The maximum Gasteiger partial charge on any atom is 0.220 e. The lowest BCUT2D eigenvalue weighted by Gasteiger charge is -2.31. The largest absolute Gasteiger partial charge is 0.356 e. The Bertz CT molecular complexity index is 836. The fourth-order valence-corrected chi connectivity index (χ4v) is 4.16. The molecule has 0 spiro atoms. The summed E-state index contributed by atoms with van der Waals surface area (Å²) >= 11 is 0. The van der Waals surface area contributed by atoms with E-state index in [4.69, 9.17) is 4.52 Å². The van der Waals surface area contributed by atoms with Gasteiger partial charge in [-0.1, -0.05) is 50.2 Å². The number of likely N-dealkylation sites (N-methyl/N-ethyl adjacent to an activating group) is 1. The minimum atomic E-state index is 0.132. The summed E-state index contributed by atoms with van der Waals surface area (Å²) < 4.78 is 5.66. The van der Waals surface area contributed by atoms with Gasteiger partial charge < -0.3 is 20.1 Å². The van der Waals surface area contributed by atoms with E-state index in [1.807, 2.05) is 14.1 Å². The van der Waals surface area contributed by atoms with Crippen LogP contribution in [0.2, 0.25) is 0 Å². The third kappa shape index (κ3) is 6.91. The third-order valence-corrected chi connectivity index (χ3v) is 6.16. The number of rotatable bonds is 8. The summed E-state index contributed by atoms with van der Waals surface area (Å²) in [7, 11) is 4.03. The van der Waals surface area contributed by atoms with Gasteiger partial charge in [0.1, 0.15) is 0 Å². The van der Waals surface area contributed by atoms with Crippen LogP contribution < -0.4 is 10.6 Å². The van der Waals surface area contributed by atoms with Crippen LogP contribution in [-0.4, -0.2) is 56.2 Å². The molecule has 1 saturated heterocycles. The molecule has 0 unspecified atom stereocenters. The molecule has 1 aliphatic rings. The number of aromatic nitrogens is 1. The van der Waals surface area contributed by atoms with Crippen molar-refractivity contribution in [1.29, 1.82) is 0 Å². The van der Waals surface area contributed by atoms with Gasteiger partial charge in [-0.15, -0.1) is 0 Å². The molecule has 3 rings (SSSR count). The highest BCUT2D eigenvalue weighted by atomic mass is 16.5. The van der Waals surface area contributed by atoms with Crippen LogP contribution in [0.3, 0.4) is 0 Å². The first-order chi connectivity index (χ1) is 14.7. The van der Waals surface area contributed by atoms with E-state index in [0.29, 0.717) is 24.8 Å². The Balaban J connectivity index is 1.59. The Labute approximate surface area is 186 Å². The summed E-state index contributed by atoms with van der Waals surface area (Å²) in [5.41, 5.74) is 3.44. The molecular weight excluding hydrogens is 388 g/mol. The fraction of sp³-hybridized carbons (Fsp3) is 0.600. The SMILES string of the molecule is CN(C)CCNC(=O)C[C@@H]1CCNC[C@H]1Cc1cc(-c2ccc(C(C)(C)C)cc2)on1. The lowest BCUT2D eigenvalue weighted by Crippen LogP contribution is -2.41. The first kappa shape index (κ1) is 23.5. The van der Waals surface area contributed by atoms with E-state index in [1.54, 1.807) is 0 Å². The lowest BCUT2D eigenvalue weighted by atomic mass is 9.81. The number of amides is 1. The van der Waals surface area contributed by atoms with Crippen LogP contribution in [-0.2, 0) is 16.6 Å². The average Bonchev–Trinajstić information content (AvgIpc) is 3.17. The Kier molecular flexibility index (Phi) is 7.89. The second-order valence-electron chi connectivity index (χ2n) is 10.1. The molecule has 1 aromatic heterocycles. The van der Waals surface area contributed by atoms with Crippen LogP contribution in [0.4, 0.5) is 0 Å². The van der Waals surface area contributed by atoms with E-state index in [1.165, 1.54) is 5.56 Å². The van der Waals surface area contributed by atoms with Gasteiger partial charge in [0, 0.05) is 31.1 Å². The highest BCUT2D eigenvalue weighted by Crippen LogP contribution is 2.29. The molecule has 2 aromatic rings. The minimum absolute atomic E-state index is 0.132. The third-order valence-electron chi connectivity index (χ3n) is 6.16. The number of benzene rings is 1. The number of carbonyl (C=O) groups excluding carboxylic acids is 1. The number of carbonyl (C=O) groups is 1. The molecule has 0 radical (unpaired) electrons. The molecule has 0 aliphatic carbocycles. The zero-order chi connectivity index (χ0) is 22.4. The van der Waals surface area contributed by atoms with Gasteiger partial charge >= 0.3 is 0 Å². The number of nitrogens with zero attached hydrogens (tertiary/aromatic N) is 2. The quantitative estimate of drug-likeness (QED) is 0.676. The van der Waals surface area contributed by atoms with Crippen molar-refractivity contribution in [2.45, 2.75) is 45.4 Å². The molecule has 1 aromatic carbocycles. The molecule has 2 atom stereocenters. The van der Waals surface area contributed by atoms with Gasteiger partial charge in [-0.3, -0.25) is 4.79 Å². The summed E-state index contributed by atoms with van der Waals surface area (Å²) in [5.74, 6) is 1.71.